The zero-order valence-corrected chi connectivity index (χ0v) is 25.8. The normalized spacial score (nSPS) is 11.7. The first-order valence-electron chi connectivity index (χ1n) is 14.5. The molecule has 0 saturated carbocycles. The molecule has 0 unspecified atom stereocenters. The Balaban J connectivity index is 1.59. The van der Waals surface area contributed by atoms with E-state index in [0.717, 1.165) is 11.1 Å². The lowest BCUT2D eigenvalue weighted by Gasteiger charge is -2.14. The molecule has 0 amide bonds. The summed E-state index contributed by atoms with van der Waals surface area (Å²) in [6.45, 7) is 0. The van der Waals surface area contributed by atoms with Crippen molar-refractivity contribution in [3.05, 3.63) is 174 Å². The third-order valence-electron chi connectivity index (χ3n) is 7.77. The van der Waals surface area contributed by atoms with E-state index in [1.807, 2.05) is 91.0 Å². The molecule has 0 atom stereocenters. The van der Waals surface area contributed by atoms with Crippen molar-refractivity contribution in [2.75, 3.05) is 0 Å². The summed E-state index contributed by atoms with van der Waals surface area (Å²) in [5.74, 6) is 0. The summed E-state index contributed by atoms with van der Waals surface area (Å²) in [7, 11) is 0. The summed E-state index contributed by atoms with van der Waals surface area (Å²) in [5.41, 5.74) is 4.68. The highest BCUT2D eigenvalue weighted by atomic mass is 35.5. The van der Waals surface area contributed by atoms with E-state index in [2.05, 4.69) is 0 Å². The van der Waals surface area contributed by atoms with Crippen molar-refractivity contribution < 1.29 is 8.83 Å². The van der Waals surface area contributed by atoms with Crippen molar-refractivity contribution in [2.24, 2.45) is 0 Å². The topological polar surface area (TPSA) is 60.4 Å². The van der Waals surface area contributed by atoms with Gasteiger partial charge in [-0.15, -0.1) is 0 Å². The fourth-order valence-electron chi connectivity index (χ4n) is 5.60. The van der Waals surface area contributed by atoms with Crippen LogP contribution in [0.15, 0.2) is 140 Å². The Morgan fingerprint density at radius 1 is 0.478 bits per heavy atom. The molecule has 2 heterocycles. The number of fused-ring (bicyclic) bond motifs is 3. The predicted octanol–water partition coefficient (Wildman–Crippen LogP) is 10.9. The molecule has 0 aliphatic heterocycles. The Labute approximate surface area is 274 Å². The van der Waals surface area contributed by atoms with Gasteiger partial charge >= 0.3 is 11.3 Å². The summed E-state index contributed by atoms with van der Waals surface area (Å²) in [6, 6.07) is 37.2. The Bertz CT molecular complexity index is 2390. The van der Waals surface area contributed by atoms with Gasteiger partial charge < -0.3 is 8.83 Å². The first-order chi connectivity index (χ1) is 22.5. The van der Waals surface area contributed by atoms with Gasteiger partial charge in [0.2, 0.25) is 0 Å². The molecule has 7 aromatic rings. The fourth-order valence-corrected chi connectivity index (χ4v) is 5.86. The van der Waals surface area contributed by atoms with Gasteiger partial charge in [-0.25, -0.2) is 9.59 Å². The molecule has 0 N–H and O–H groups in total. The fraction of sp³-hybridized carbons (Fsp3) is 0. The molecular formula is C40H24Cl2O4. The predicted molar refractivity (Wildman–Crippen MR) is 190 cm³/mol. The van der Waals surface area contributed by atoms with Gasteiger partial charge in [0.1, 0.15) is 5.58 Å². The van der Waals surface area contributed by atoms with Crippen LogP contribution in [0.3, 0.4) is 0 Å². The third-order valence-corrected chi connectivity index (χ3v) is 8.28. The quantitative estimate of drug-likeness (QED) is 0.134. The van der Waals surface area contributed by atoms with Gasteiger partial charge in [0.25, 0.3) is 0 Å². The standard InChI is InChI=1S/C40H24Cl2O4/c41-29-17-13-27(14-18-29)35-31(21-11-25-7-3-1-4-8-25)32-23-24-34-37(38(32)46-40(35)44)33(22-12-26-9-5-2-6-10-26)36(39(43)45-34)28-15-19-30(42)20-16-28/h1-24H/b21-11+,22-12+. The van der Waals surface area contributed by atoms with Gasteiger partial charge in [0.05, 0.1) is 16.5 Å². The van der Waals surface area contributed by atoms with Gasteiger partial charge in [0, 0.05) is 26.6 Å². The van der Waals surface area contributed by atoms with Crippen molar-refractivity contribution in [2.45, 2.75) is 0 Å². The van der Waals surface area contributed by atoms with Crippen LogP contribution in [0.2, 0.25) is 10.0 Å². The lowest BCUT2D eigenvalue weighted by molar-refractivity contribution is 0.554. The summed E-state index contributed by atoms with van der Waals surface area (Å²) < 4.78 is 12.1. The molecule has 7 rings (SSSR count). The van der Waals surface area contributed by atoms with Crippen LogP contribution in [0, 0.1) is 0 Å². The van der Waals surface area contributed by atoms with Gasteiger partial charge in [-0.1, -0.05) is 132 Å². The Morgan fingerprint density at radius 3 is 1.50 bits per heavy atom. The summed E-state index contributed by atoms with van der Waals surface area (Å²) in [6.07, 6.45) is 7.66. The third kappa shape index (κ3) is 5.72. The largest absolute Gasteiger partial charge is 0.422 e. The molecule has 4 nitrogen and oxygen atoms in total. The lowest BCUT2D eigenvalue weighted by Crippen LogP contribution is -2.09. The van der Waals surface area contributed by atoms with Gasteiger partial charge in [-0.05, 0) is 58.7 Å². The van der Waals surface area contributed by atoms with E-state index in [4.69, 9.17) is 32.0 Å². The molecule has 0 fully saturated rings. The van der Waals surface area contributed by atoms with E-state index in [0.29, 0.717) is 65.4 Å². The number of hydrogen-bond acceptors (Lipinski definition) is 4. The Morgan fingerprint density at radius 2 is 0.957 bits per heavy atom. The van der Waals surface area contributed by atoms with E-state index in [9.17, 15) is 9.59 Å². The van der Waals surface area contributed by atoms with Crippen LogP contribution in [0.5, 0.6) is 0 Å². The zero-order chi connectivity index (χ0) is 31.6. The van der Waals surface area contributed by atoms with Crippen LogP contribution in [-0.2, 0) is 0 Å². The second-order valence-electron chi connectivity index (χ2n) is 10.7. The maximum atomic E-state index is 14.0. The van der Waals surface area contributed by atoms with Crippen molar-refractivity contribution in [1.82, 2.24) is 0 Å². The highest BCUT2D eigenvalue weighted by molar-refractivity contribution is 6.31. The molecule has 5 aromatic carbocycles. The maximum Gasteiger partial charge on any atom is 0.344 e. The van der Waals surface area contributed by atoms with Crippen LogP contribution >= 0.6 is 23.2 Å². The SMILES string of the molecule is O=c1oc2c(ccc3oc(=O)c(-c4ccc(Cl)cc4)c(/C=C/c4ccccc4)c32)c(/C=C/c2ccccc2)c1-c1ccc(Cl)cc1. The minimum absolute atomic E-state index is 0.295. The van der Waals surface area contributed by atoms with Gasteiger partial charge in [-0.3, -0.25) is 0 Å². The molecule has 6 heteroatoms. The van der Waals surface area contributed by atoms with Crippen molar-refractivity contribution in [3.63, 3.8) is 0 Å². The highest BCUT2D eigenvalue weighted by Crippen LogP contribution is 2.38. The molecule has 46 heavy (non-hydrogen) atoms. The second-order valence-corrected chi connectivity index (χ2v) is 11.5. The van der Waals surface area contributed by atoms with E-state index >= 15 is 0 Å². The van der Waals surface area contributed by atoms with Crippen molar-refractivity contribution >= 4 is 69.4 Å². The molecule has 222 valence electrons. The van der Waals surface area contributed by atoms with Crippen LogP contribution < -0.4 is 11.3 Å². The van der Waals surface area contributed by atoms with Crippen LogP contribution in [0.4, 0.5) is 0 Å². The molecule has 0 saturated heterocycles. The molecule has 0 radical (unpaired) electrons. The molecule has 0 spiro atoms. The van der Waals surface area contributed by atoms with Crippen LogP contribution in [0.1, 0.15) is 22.3 Å². The maximum absolute atomic E-state index is 14.0. The summed E-state index contributed by atoms with van der Waals surface area (Å²) in [4.78, 5) is 27.6. The zero-order valence-electron chi connectivity index (χ0n) is 24.2. The second kappa shape index (κ2) is 12.5. The van der Waals surface area contributed by atoms with E-state index in [1.54, 1.807) is 54.6 Å². The molecule has 0 aliphatic carbocycles. The van der Waals surface area contributed by atoms with Gasteiger partial charge in [-0.2, -0.15) is 0 Å². The molecule has 0 aliphatic rings. The first-order valence-corrected chi connectivity index (χ1v) is 15.3. The minimum atomic E-state index is -0.535. The number of benzene rings is 5. The monoisotopic (exact) mass is 638 g/mol. The van der Waals surface area contributed by atoms with E-state index < -0.39 is 11.3 Å². The van der Waals surface area contributed by atoms with Crippen molar-refractivity contribution in [1.29, 1.82) is 0 Å². The summed E-state index contributed by atoms with van der Waals surface area (Å²) >= 11 is 12.4. The molecule has 2 aromatic heterocycles. The number of rotatable bonds is 6. The van der Waals surface area contributed by atoms with Crippen LogP contribution in [-0.4, -0.2) is 0 Å². The van der Waals surface area contributed by atoms with E-state index in [-0.39, 0.29) is 0 Å². The van der Waals surface area contributed by atoms with Crippen molar-refractivity contribution in [3.8, 4) is 22.3 Å². The molecular weight excluding hydrogens is 615 g/mol. The van der Waals surface area contributed by atoms with E-state index in [1.165, 1.54) is 0 Å². The van der Waals surface area contributed by atoms with Gasteiger partial charge in [0.15, 0.2) is 5.58 Å². The number of halogens is 2. The lowest BCUT2D eigenvalue weighted by atomic mass is 9.93. The number of hydrogen-bond donors (Lipinski definition) is 0. The Kier molecular flexibility index (Phi) is 7.98. The minimum Gasteiger partial charge on any atom is -0.422 e. The van der Waals surface area contributed by atoms with Crippen LogP contribution in [0.25, 0.3) is 68.5 Å². The smallest absolute Gasteiger partial charge is 0.344 e. The Hall–Kier alpha value is -5.42. The highest BCUT2D eigenvalue weighted by Gasteiger charge is 2.22. The average molecular weight is 640 g/mol. The average Bonchev–Trinajstić information content (AvgIpc) is 3.07. The first kappa shape index (κ1) is 29.3. The summed E-state index contributed by atoms with van der Waals surface area (Å²) in [5, 5.41) is 2.27. The molecule has 0 bridgehead atoms.